The zero-order chi connectivity index (χ0) is 15.6. The van der Waals surface area contributed by atoms with Crippen LogP contribution in [0.3, 0.4) is 0 Å². The van der Waals surface area contributed by atoms with Gasteiger partial charge in [0, 0.05) is 25.9 Å². The number of halogens is 2. The van der Waals surface area contributed by atoms with Gasteiger partial charge in [-0.1, -0.05) is 15.9 Å². The highest BCUT2D eigenvalue weighted by Gasteiger charge is 2.12. The molecule has 0 saturated heterocycles. The van der Waals surface area contributed by atoms with Gasteiger partial charge >= 0.3 is 5.97 Å². The molecule has 0 atom stereocenters. The van der Waals surface area contributed by atoms with E-state index in [4.69, 9.17) is 10.8 Å². The molecule has 0 radical (unpaired) electrons. The Balaban J connectivity index is 2.27. The highest BCUT2D eigenvalue weighted by molar-refractivity contribution is 9.10. The molecule has 0 spiro atoms. The van der Waals surface area contributed by atoms with E-state index in [0.717, 1.165) is 0 Å². The molecule has 1 amide bonds. The molecular formula is C14H10Br2N2O3. The molecule has 0 aliphatic carbocycles. The summed E-state index contributed by atoms with van der Waals surface area (Å²) < 4.78 is 1.13. The smallest absolute Gasteiger partial charge is 0.336 e. The summed E-state index contributed by atoms with van der Waals surface area (Å²) in [6.45, 7) is 0. The van der Waals surface area contributed by atoms with E-state index in [1.807, 2.05) is 0 Å². The van der Waals surface area contributed by atoms with Crippen molar-refractivity contribution in [3.63, 3.8) is 0 Å². The van der Waals surface area contributed by atoms with Gasteiger partial charge in [0.05, 0.1) is 5.56 Å². The first-order valence-corrected chi connectivity index (χ1v) is 7.35. The number of carbonyl (C=O) groups is 2. The lowest BCUT2D eigenvalue weighted by Gasteiger charge is -2.08. The first kappa shape index (κ1) is 15.5. The SMILES string of the molecule is Nc1cc(Br)cc(C(=O)Nc2ccc(Br)c(C(=O)O)c2)c1. The van der Waals surface area contributed by atoms with E-state index in [0.29, 0.717) is 25.9 Å². The van der Waals surface area contributed by atoms with Crippen LogP contribution in [0, 0.1) is 0 Å². The molecule has 108 valence electrons. The number of amides is 1. The topological polar surface area (TPSA) is 92.4 Å². The van der Waals surface area contributed by atoms with Gasteiger partial charge in [0.1, 0.15) is 0 Å². The number of aromatic carboxylic acids is 1. The van der Waals surface area contributed by atoms with Crippen molar-refractivity contribution in [2.75, 3.05) is 11.1 Å². The maximum Gasteiger partial charge on any atom is 0.336 e. The molecule has 0 unspecified atom stereocenters. The first-order chi connectivity index (χ1) is 9.86. The Morgan fingerprint density at radius 2 is 1.81 bits per heavy atom. The maximum absolute atomic E-state index is 12.1. The number of nitrogen functional groups attached to an aromatic ring is 1. The predicted molar refractivity (Wildman–Crippen MR) is 87.6 cm³/mol. The minimum Gasteiger partial charge on any atom is -0.478 e. The summed E-state index contributed by atoms with van der Waals surface area (Å²) in [6.07, 6.45) is 0. The largest absolute Gasteiger partial charge is 0.478 e. The van der Waals surface area contributed by atoms with Gasteiger partial charge in [-0.3, -0.25) is 4.79 Å². The summed E-state index contributed by atoms with van der Waals surface area (Å²) >= 11 is 6.41. The lowest BCUT2D eigenvalue weighted by atomic mass is 10.1. The zero-order valence-corrected chi connectivity index (χ0v) is 13.7. The van der Waals surface area contributed by atoms with E-state index in [9.17, 15) is 9.59 Å². The van der Waals surface area contributed by atoms with E-state index >= 15 is 0 Å². The highest BCUT2D eigenvalue weighted by Crippen LogP contribution is 2.23. The Labute approximate surface area is 137 Å². The van der Waals surface area contributed by atoms with Crippen LogP contribution in [0.5, 0.6) is 0 Å². The molecule has 2 aromatic rings. The summed E-state index contributed by atoms with van der Waals surface area (Å²) in [5.74, 6) is -1.45. The third-order valence-electron chi connectivity index (χ3n) is 2.64. The predicted octanol–water partition coefficient (Wildman–Crippen LogP) is 3.74. The second-order valence-electron chi connectivity index (χ2n) is 4.23. The Morgan fingerprint density at radius 3 is 2.43 bits per heavy atom. The Kier molecular flexibility index (Phi) is 4.64. The summed E-state index contributed by atoms with van der Waals surface area (Å²) in [7, 11) is 0. The van der Waals surface area contributed by atoms with Crippen LogP contribution >= 0.6 is 31.9 Å². The maximum atomic E-state index is 12.1. The van der Waals surface area contributed by atoms with Crippen LogP contribution in [0.2, 0.25) is 0 Å². The Bertz CT molecular complexity index is 712. The first-order valence-electron chi connectivity index (χ1n) is 5.77. The molecule has 0 fully saturated rings. The fraction of sp³-hybridized carbons (Fsp3) is 0. The molecule has 2 rings (SSSR count). The number of rotatable bonds is 3. The van der Waals surface area contributed by atoms with Gasteiger partial charge < -0.3 is 16.2 Å². The molecule has 21 heavy (non-hydrogen) atoms. The fourth-order valence-corrected chi connectivity index (χ4v) is 2.64. The fourth-order valence-electron chi connectivity index (χ4n) is 1.71. The van der Waals surface area contributed by atoms with Gasteiger partial charge in [-0.25, -0.2) is 4.79 Å². The van der Waals surface area contributed by atoms with Crippen LogP contribution in [-0.4, -0.2) is 17.0 Å². The van der Waals surface area contributed by atoms with Crippen LogP contribution in [-0.2, 0) is 0 Å². The van der Waals surface area contributed by atoms with Crippen LogP contribution in [0.25, 0.3) is 0 Å². The lowest BCUT2D eigenvalue weighted by Crippen LogP contribution is -2.13. The van der Waals surface area contributed by atoms with E-state index in [2.05, 4.69) is 37.2 Å². The van der Waals surface area contributed by atoms with Crippen molar-refractivity contribution in [1.29, 1.82) is 0 Å². The van der Waals surface area contributed by atoms with Crippen molar-refractivity contribution >= 4 is 55.1 Å². The molecule has 0 heterocycles. The third-order valence-corrected chi connectivity index (χ3v) is 3.79. The summed E-state index contributed by atoms with van der Waals surface area (Å²) in [4.78, 5) is 23.2. The van der Waals surface area contributed by atoms with Crippen molar-refractivity contribution in [1.82, 2.24) is 0 Å². The number of nitrogens with one attached hydrogen (secondary N) is 1. The zero-order valence-electron chi connectivity index (χ0n) is 10.6. The van der Waals surface area contributed by atoms with Gasteiger partial charge in [-0.2, -0.15) is 0 Å². The minimum absolute atomic E-state index is 0.0709. The summed E-state index contributed by atoms with van der Waals surface area (Å²) in [6, 6.07) is 9.40. The van der Waals surface area contributed by atoms with E-state index in [1.165, 1.54) is 12.1 Å². The molecule has 0 aliphatic heterocycles. The van der Waals surface area contributed by atoms with Crippen molar-refractivity contribution in [2.45, 2.75) is 0 Å². The third kappa shape index (κ3) is 3.83. The van der Waals surface area contributed by atoms with Crippen LogP contribution in [0.4, 0.5) is 11.4 Å². The van der Waals surface area contributed by atoms with Crippen LogP contribution < -0.4 is 11.1 Å². The van der Waals surface area contributed by atoms with Crippen LogP contribution in [0.1, 0.15) is 20.7 Å². The Hall–Kier alpha value is -1.86. The molecule has 0 saturated carbocycles. The van der Waals surface area contributed by atoms with Crippen molar-refractivity contribution in [3.05, 3.63) is 56.5 Å². The van der Waals surface area contributed by atoms with Crippen molar-refractivity contribution in [2.24, 2.45) is 0 Å². The van der Waals surface area contributed by atoms with Gasteiger partial charge in [0.25, 0.3) is 5.91 Å². The second-order valence-corrected chi connectivity index (χ2v) is 6.00. The average Bonchev–Trinajstić information content (AvgIpc) is 2.39. The highest BCUT2D eigenvalue weighted by atomic mass is 79.9. The van der Waals surface area contributed by atoms with Gasteiger partial charge in [0.15, 0.2) is 0 Å². The normalized spacial score (nSPS) is 10.2. The molecule has 5 nitrogen and oxygen atoms in total. The van der Waals surface area contributed by atoms with Gasteiger partial charge in [-0.15, -0.1) is 0 Å². The molecule has 0 aromatic heterocycles. The number of carbonyl (C=O) groups excluding carboxylic acids is 1. The number of hydrogen-bond acceptors (Lipinski definition) is 3. The molecular weight excluding hydrogens is 404 g/mol. The number of benzene rings is 2. The monoisotopic (exact) mass is 412 g/mol. The lowest BCUT2D eigenvalue weighted by molar-refractivity contribution is 0.0695. The number of carboxylic acid groups (broad SMARTS) is 1. The average molecular weight is 414 g/mol. The molecule has 0 bridgehead atoms. The Morgan fingerprint density at radius 1 is 1.10 bits per heavy atom. The van der Waals surface area contributed by atoms with Crippen molar-refractivity contribution in [3.8, 4) is 0 Å². The quantitative estimate of drug-likeness (QED) is 0.668. The van der Waals surface area contributed by atoms with Gasteiger partial charge in [-0.05, 0) is 52.3 Å². The van der Waals surface area contributed by atoms with Crippen LogP contribution in [0.15, 0.2) is 45.3 Å². The molecule has 0 aliphatic rings. The van der Waals surface area contributed by atoms with Gasteiger partial charge in [0.2, 0.25) is 0 Å². The number of carboxylic acids is 1. The van der Waals surface area contributed by atoms with E-state index in [1.54, 1.807) is 24.3 Å². The van der Waals surface area contributed by atoms with Crippen molar-refractivity contribution < 1.29 is 14.7 Å². The van der Waals surface area contributed by atoms with E-state index < -0.39 is 5.97 Å². The molecule has 2 aromatic carbocycles. The molecule has 7 heteroatoms. The standard InChI is InChI=1S/C14H10Br2N2O3/c15-8-3-7(4-9(17)5-8)13(19)18-10-1-2-12(16)11(6-10)14(20)21/h1-6H,17H2,(H,18,19)(H,20,21). The summed E-state index contributed by atoms with van der Waals surface area (Å²) in [5.41, 5.74) is 6.97. The number of hydrogen-bond donors (Lipinski definition) is 3. The minimum atomic E-state index is -1.08. The summed E-state index contributed by atoms with van der Waals surface area (Å²) in [5, 5.41) is 11.7. The molecule has 4 N–H and O–H groups in total. The van der Waals surface area contributed by atoms with E-state index in [-0.39, 0.29) is 11.5 Å². The second kappa shape index (κ2) is 6.28. The number of anilines is 2. The number of nitrogens with two attached hydrogens (primary N) is 1.